The average Bonchev–Trinajstić information content (AvgIpc) is 2.70. The van der Waals surface area contributed by atoms with Crippen molar-refractivity contribution in [2.75, 3.05) is 12.3 Å². The Morgan fingerprint density at radius 3 is 2.94 bits per heavy atom. The molecule has 2 aromatic heterocycles. The van der Waals surface area contributed by atoms with Crippen molar-refractivity contribution < 1.29 is 5.11 Å². The zero-order valence-electron chi connectivity index (χ0n) is 8.87. The number of nitrogens with zero attached hydrogens (tertiary/aromatic N) is 5. The van der Waals surface area contributed by atoms with Gasteiger partial charge in [-0.3, -0.25) is 0 Å². The van der Waals surface area contributed by atoms with Crippen molar-refractivity contribution in [1.82, 2.24) is 25.0 Å². The molecule has 2 heterocycles. The number of unbranched alkanes of at least 4 members (excludes halogenated alkanes) is 2. The summed E-state index contributed by atoms with van der Waals surface area (Å²) in [7, 11) is 0. The molecule has 7 nitrogen and oxygen atoms in total. The van der Waals surface area contributed by atoms with Gasteiger partial charge in [0.05, 0.1) is 0 Å². The Hall–Kier alpha value is -1.76. The quantitative estimate of drug-likeness (QED) is 0.688. The summed E-state index contributed by atoms with van der Waals surface area (Å²) in [5.74, 6) is 0.353. The lowest BCUT2D eigenvalue weighted by Crippen LogP contribution is -2.02. The number of nitrogens with two attached hydrogens (primary N) is 1. The van der Waals surface area contributed by atoms with E-state index in [-0.39, 0.29) is 6.61 Å². The van der Waals surface area contributed by atoms with Gasteiger partial charge in [-0.2, -0.15) is 0 Å². The van der Waals surface area contributed by atoms with Gasteiger partial charge in [0.25, 0.3) is 0 Å². The maximum absolute atomic E-state index is 8.66. The summed E-state index contributed by atoms with van der Waals surface area (Å²) in [5, 5.41) is 16.6. The molecule has 0 unspecified atom stereocenters. The molecule has 0 saturated heterocycles. The smallest absolute Gasteiger partial charge is 0.183 e. The van der Waals surface area contributed by atoms with E-state index in [0.717, 1.165) is 25.8 Å². The Kier molecular flexibility index (Phi) is 3.25. The average molecular weight is 222 g/mol. The Morgan fingerprint density at radius 2 is 2.12 bits per heavy atom. The zero-order chi connectivity index (χ0) is 11.4. The Balaban J connectivity index is 2.10. The lowest BCUT2D eigenvalue weighted by molar-refractivity contribution is 0.281. The van der Waals surface area contributed by atoms with Crippen LogP contribution >= 0.6 is 0 Å². The van der Waals surface area contributed by atoms with Gasteiger partial charge >= 0.3 is 0 Å². The molecule has 86 valence electrons. The first-order valence-corrected chi connectivity index (χ1v) is 5.23. The molecule has 0 atom stereocenters. The van der Waals surface area contributed by atoms with Crippen LogP contribution in [0.3, 0.4) is 0 Å². The summed E-state index contributed by atoms with van der Waals surface area (Å²) in [6.45, 7) is 0.959. The lowest BCUT2D eigenvalue weighted by Gasteiger charge is -2.00. The maximum Gasteiger partial charge on any atom is 0.183 e. The summed E-state index contributed by atoms with van der Waals surface area (Å²) in [5.41, 5.74) is 6.86. The molecular weight excluding hydrogens is 208 g/mol. The van der Waals surface area contributed by atoms with Crippen LogP contribution in [0.2, 0.25) is 0 Å². The summed E-state index contributed by atoms with van der Waals surface area (Å²) >= 11 is 0. The third kappa shape index (κ3) is 2.08. The first-order valence-electron chi connectivity index (χ1n) is 5.23. The fraction of sp³-hybridized carbons (Fsp3) is 0.556. The normalized spacial score (nSPS) is 11.1. The van der Waals surface area contributed by atoms with Crippen LogP contribution in [0.15, 0.2) is 6.33 Å². The van der Waals surface area contributed by atoms with E-state index >= 15 is 0 Å². The van der Waals surface area contributed by atoms with Crippen molar-refractivity contribution in [2.24, 2.45) is 0 Å². The van der Waals surface area contributed by atoms with Crippen molar-refractivity contribution >= 4 is 17.0 Å². The molecule has 0 fully saturated rings. The van der Waals surface area contributed by atoms with Gasteiger partial charge in [0, 0.05) is 13.2 Å². The number of anilines is 1. The molecule has 2 aromatic rings. The second kappa shape index (κ2) is 4.84. The minimum Gasteiger partial charge on any atom is -0.396 e. The van der Waals surface area contributed by atoms with Crippen molar-refractivity contribution in [3.8, 4) is 0 Å². The van der Waals surface area contributed by atoms with E-state index < -0.39 is 0 Å². The van der Waals surface area contributed by atoms with Crippen LogP contribution in [-0.2, 0) is 6.54 Å². The molecule has 3 N–H and O–H groups in total. The largest absolute Gasteiger partial charge is 0.396 e. The monoisotopic (exact) mass is 222 g/mol. The first kappa shape index (κ1) is 10.7. The molecule has 0 radical (unpaired) electrons. The molecule has 2 rings (SSSR count). The highest BCUT2D eigenvalue weighted by Crippen LogP contribution is 2.12. The van der Waals surface area contributed by atoms with Crippen molar-refractivity contribution in [3.63, 3.8) is 0 Å². The van der Waals surface area contributed by atoms with Gasteiger partial charge < -0.3 is 10.8 Å². The van der Waals surface area contributed by atoms with Crippen LogP contribution in [-0.4, -0.2) is 36.7 Å². The fourth-order valence-corrected chi connectivity index (χ4v) is 1.51. The van der Waals surface area contributed by atoms with E-state index in [4.69, 9.17) is 10.8 Å². The number of aliphatic hydroxyl groups excluding tert-OH is 1. The number of aromatic nitrogens is 5. The van der Waals surface area contributed by atoms with Gasteiger partial charge in [-0.25, -0.2) is 14.6 Å². The number of hydrogen-bond acceptors (Lipinski definition) is 6. The van der Waals surface area contributed by atoms with E-state index in [2.05, 4.69) is 20.3 Å². The molecule has 0 aromatic carbocycles. The van der Waals surface area contributed by atoms with Crippen molar-refractivity contribution in [1.29, 1.82) is 0 Å². The highest BCUT2D eigenvalue weighted by molar-refractivity contribution is 5.80. The van der Waals surface area contributed by atoms with Gasteiger partial charge in [-0.1, -0.05) is 5.21 Å². The summed E-state index contributed by atoms with van der Waals surface area (Å²) in [6.07, 6.45) is 4.11. The van der Waals surface area contributed by atoms with Crippen LogP contribution in [0.5, 0.6) is 0 Å². The Morgan fingerprint density at radius 1 is 1.25 bits per heavy atom. The van der Waals surface area contributed by atoms with E-state index in [1.165, 1.54) is 6.33 Å². The van der Waals surface area contributed by atoms with E-state index in [9.17, 15) is 0 Å². The van der Waals surface area contributed by atoms with Crippen LogP contribution < -0.4 is 5.73 Å². The van der Waals surface area contributed by atoms with E-state index in [0.29, 0.717) is 17.0 Å². The predicted molar refractivity (Wildman–Crippen MR) is 58.5 cm³/mol. The van der Waals surface area contributed by atoms with Gasteiger partial charge in [0.2, 0.25) is 0 Å². The third-order valence-electron chi connectivity index (χ3n) is 2.36. The van der Waals surface area contributed by atoms with Crippen molar-refractivity contribution in [3.05, 3.63) is 6.33 Å². The minimum atomic E-state index is 0.229. The van der Waals surface area contributed by atoms with Gasteiger partial charge in [-0.15, -0.1) is 5.10 Å². The van der Waals surface area contributed by atoms with E-state index in [1.54, 1.807) is 4.68 Å². The third-order valence-corrected chi connectivity index (χ3v) is 2.36. The molecule has 16 heavy (non-hydrogen) atoms. The van der Waals surface area contributed by atoms with Gasteiger partial charge in [-0.05, 0) is 19.3 Å². The Bertz CT molecular complexity index is 468. The molecule has 0 spiro atoms. The highest BCUT2D eigenvalue weighted by atomic mass is 16.2. The number of rotatable bonds is 5. The predicted octanol–water partition coefficient (Wildman–Crippen LogP) is -0.0339. The standard InChI is InChI=1S/C9H14N6O/c10-8-7-9(12-6-11-8)15(14-13-7)4-2-1-3-5-16/h6,16H,1-5H2,(H2,10,11,12). The van der Waals surface area contributed by atoms with Crippen LogP contribution in [0.4, 0.5) is 5.82 Å². The van der Waals surface area contributed by atoms with E-state index in [1.807, 2.05) is 0 Å². The summed E-state index contributed by atoms with van der Waals surface area (Å²) in [4.78, 5) is 7.95. The topological polar surface area (TPSA) is 103 Å². The van der Waals surface area contributed by atoms with Crippen molar-refractivity contribution in [2.45, 2.75) is 25.8 Å². The number of aryl methyl sites for hydroxylation is 1. The van der Waals surface area contributed by atoms with Crippen LogP contribution in [0.25, 0.3) is 11.2 Å². The van der Waals surface area contributed by atoms with Crippen LogP contribution in [0, 0.1) is 0 Å². The molecule has 0 aliphatic heterocycles. The summed E-state index contributed by atoms with van der Waals surface area (Å²) in [6, 6.07) is 0. The SMILES string of the molecule is Nc1ncnc2c1nnn2CCCCCO. The molecule has 0 aliphatic carbocycles. The number of hydrogen-bond donors (Lipinski definition) is 2. The highest BCUT2D eigenvalue weighted by Gasteiger charge is 2.08. The number of fused-ring (bicyclic) bond motifs is 1. The van der Waals surface area contributed by atoms with Gasteiger partial charge in [0.1, 0.15) is 6.33 Å². The zero-order valence-corrected chi connectivity index (χ0v) is 8.87. The number of nitrogen functional groups attached to an aromatic ring is 1. The summed E-state index contributed by atoms with van der Waals surface area (Å²) < 4.78 is 1.71. The minimum absolute atomic E-state index is 0.229. The first-order chi connectivity index (χ1) is 7.83. The molecule has 0 aliphatic rings. The molecular formula is C9H14N6O. The molecule has 0 bridgehead atoms. The van der Waals surface area contributed by atoms with Gasteiger partial charge in [0.15, 0.2) is 17.0 Å². The number of aliphatic hydroxyl groups is 1. The van der Waals surface area contributed by atoms with Crippen LogP contribution in [0.1, 0.15) is 19.3 Å². The second-order valence-electron chi connectivity index (χ2n) is 3.53. The molecule has 0 saturated carbocycles. The second-order valence-corrected chi connectivity index (χ2v) is 3.53. The maximum atomic E-state index is 8.66. The molecule has 0 amide bonds. The fourth-order valence-electron chi connectivity index (χ4n) is 1.51. The Labute approximate surface area is 92.3 Å². The lowest BCUT2D eigenvalue weighted by atomic mass is 10.2. The molecule has 7 heteroatoms.